The van der Waals surface area contributed by atoms with Crippen LogP contribution in [0, 0.1) is 6.92 Å². The molecule has 0 aliphatic heterocycles. The van der Waals surface area contributed by atoms with Crippen molar-refractivity contribution in [2.45, 2.75) is 33.2 Å². The lowest BCUT2D eigenvalue weighted by atomic mass is 10.2. The molecule has 0 amide bonds. The minimum absolute atomic E-state index is 0.615. The van der Waals surface area contributed by atoms with Crippen LogP contribution in [0.25, 0.3) is 0 Å². The Morgan fingerprint density at radius 2 is 2.06 bits per heavy atom. The van der Waals surface area contributed by atoms with Gasteiger partial charge in [0.25, 0.3) is 0 Å². The smallest absolute Gasteiger partial charge is 0.0390 e. The fourth-order valence-electron chi connectivity index (χ4n) is 1.64. The molecule has 0 saturated heterocycles. The van der Waals surface area contributed by atoms with Crippen molar-refractivity contribution in [2.24, 2.45) is 0 Å². The minimum atomic E-state index is 0.615. The molecule has 0 aromatic heterocycles. The quantitative estimate of drug-likeness (QED) is 0.588. The minimum Gasteiger partial charge on any atom is -0.399 e. The highest BCUT2D eigenvalue weighted by molar-refractivity contribution is 5.59. The highest BCUT2D eigenvalue weighted by Crippen LogP contribution is 2.17. The normalized spacial score (nSPS) is 11.2. The van der Waals surface area contributed by atoms with Gasteiger partial charge in [0.2, 0.25) is 0 Å². The molecule has 0 aliphatic carbocycles. The van der Waals surface area contributed by atoms with E-state index >= 15 is 0 Å². The summed E-state index contributed by atoms with van der Waals surface area (Å²) in [6.45, 7) is 8.64. The highest BCUT2D eigenvalue weighted by atomic mass is 15.1. The number of anilines is 2. The standard InChI is InChI=1S/C14H25N3/c1-11(2)17(4)9-5-8-16-14-10-13(15)7-6-12(14)3/h6-7,10-11,16H,5,8-9,15H2,1-4H3. The van der Waals surface area contributed by atoms with Gasteiger partial charge in [-0.3, -0.25) is 0 Å². The zero-order valence-electron chi connectivity index (χ0n) is 11.5. The first-order chi connectivity index (χ1) is 8.00. The van der Waals surface area contributed by atoms with Gasteiger partial charge in [0, 0.05) is 24.0 Å². The van der Waals surface area contributed by atoms with Crippen LogP contribution in [-0.4, -0.2) is 31.1 Å². The zero-order valence-corrected chi connectivity index (χ0v) is 11.5. The van der Waals surface area contributed by atoms with Crippen molar-refractivity contribution in [3.8, 4) is 0 Å². The van der Waals surface area contributed by atoms with E-state index in [9.17, 15) is 0 Å². The molecule has 3 N–H and O–H groups in total. The fourth-order valence-corrected chi connectivity index (χ4v) is 1.64. The summed E-state index contributed by atoms with van der Waals surface area (Å²) in [4.78, 5) is 2.36. The summed E-state index contributed by atoms with van der Waals surface area (Å²) in [7, 11) is 2.16. The van der Waals surface area contributed by atoms with Crippen molar-refractivity contribution >= 4 is 11.4 Å². The van der Waals surface area contributed by atoms with E-state index in [-0.39, 0.29) is 0 Å². The van der Waals surface area contributed by atoms with E-state index in [0.29, 0.717) is 6.04 Å². The van der Waals surface area contributed by atoms with E-state index in [1.54, 1.807) is 0 Å². The number of hydrogen-bond acceptors (Lipinski definition) is 3. The van der Waals surface area contributed by atoms with Gasteiger partial charge in [0.1, 0.15) is 0 Å². The van der Waals surface area contributed by atoms with Crippen molar-refractivity contribution in [1.29, 1.82) is 0 Å². The lowest BCUT2D eigenvalue weighted by Gasteiger charge is -2.21. The van der Waals surface area contributed by atoms with Crippen LogP contribution in [0.4, 0.5) is 11.4 Å². The molecule has 0 spiro atoms. The largest absolute Gasteiger partial charge is 0.399 e. The monoisotopic (exact) mass is 235 g/mol. The molecule has 17 heavy (non-hydrogen) atoms. The number of nitrogens with one attached hydrogen (secondary N) is 1. The van der Waals surface area contributed by atoms with Crippen molar-refractivity contribution in [3.63, 3.8) is 0 Å². The van der Waals surface area contributed by atoms with Gasteiger partial charge in [-0.1, -0.05) is 6.07 Å². The van der Waals surface area contributed by atoms with Crippen molar-refractivity contribution in [1.82, 2.24) is 4.90 Å². The molecule has 0 atom stereocenters. The van der Waals surface area contributed by atoms with Gasteiger partial charge in [-0.15, -0.1) is 0 Å². The van der Waals surface area contributed by atoms with Crippen molar-refractivity contribution in [3.05, 3.63) is 23.8 Å². The second kappa shape index (κ2) is 6.50. The Morgan fingerprint density at radius 1 is 1.35 bits per heavy atom. The molecule has 1 aromatic carbocycles. The second-order valence-corrected chi connectivity index (χ2v) is 4.93. The average molecular weight is 235 g/mol. The molecule has 1 rings (SSSR count). The molecular weight excluding hydrogens is 210 g/mol. The predicted octanol–water partition coefficient (Wildman–Crippen LogP) is 2.72. The maximum absolute atomic E-state index is 5.77. The van der Waals surface area contributed by atoms with Gasteiger partial charge >= 0.3 is 0 Å². The summed E-state index contributed by atoms with van der Waals surface area (Å²) >= 11 is 0. The molecule has 0 saturated carbocycles. The summed E-state index contributed by atoms with van der Waals surface area (Å²) in [5.74, 6) is 0. The Balaban J connectivity index is 2.33. The summed E-state index contributed by atoms with van der Waals surface area (Å²) in [5.41, 5.74) is 8.99. The maximum Gasteiger partial charge on any atom is 0.0390 e. The fraction of sp³-hybridized carbons (Fsp3) is 0.571. The Kier molecular flexibility index (Phi) is 5.29. The van der Waals surface area contributed by atoms with E-state index < -0.39 is 0 Å². The number of nitrogens with zero attached hydrogens (tertiary/aromatic N) is 1. The molecule has 0 aliphatic rings. The molecule has 0 unspecified atom stereocenters. The third kappa shape index (κ3) is 4.65. The number of benzene rings is 1. The van der Waals surface area contributed by atoms with E-state index in [2.05, 4.69) is 44.1 Å². The van der Waals surface area contributed by atoms with Gasteiger partial charge in [-0.25, -0.2) is 0 Å². The van der Waals surface area contributed by atoms with E-state index in [1.165, 1.54) is 5.56 Å². The summed E-state index contributed by atoms with van der Waals surface area (Å²) in [6.07, 6.45) is 1.14. The molecule has 3 heteroatoms. The number of aryl methyl sites for hydroxylation is 1. The van der Waals surface area contributed by atoms with Gasteiger partial charge in [0.05, 0.1) is 0 Å². The predicted molar refractivity (Wildman–Crippen MR) is 76.5 cm³/mol. The van der Waals surface area contributed by atoms with Crippen LogP contribution in [0.15, 0.2) is 18.2 Å². The van der Waals surface area contributed by atoms with Crippen LogP contribution in [0.1, 0.15) is 25.8 Å². The number of nitrogens with two attached hydrogens (primary N) is 1. The molecule has 3 nitrogen and oxygen atoms in total. The molecule has 0 radical (unpaired) electrons. The summed E-state index contributed by atoms with van der Waals surface area (Å²) < 4.78 is 0. The first kappa shape index (κ1) is 13.8. The number of rotatable bonds is 6. The first-order valence-corrected chi connectivity index (χ1v) is 6.31. The lowest BCUT2D eigenvalue weighted by Crippen LogP contribution is -2.28. The van der Waals surface area contributed by atoms with Gasteiger partial charge in [0.15, 0.2) is 0 Å². The maximum atomic E-state index is 5.77. The topological polar surface area (TPSA) is 41.3 Å². The van der Waals surface area contributed by atoms with Gasteiger partial charge in [-0.2, -0.15) is 0 Å². The highest BCUT2D eigenvalue weighted by Gasteiger charge is 2.02. The molecular formula is C14H25N3. The number of nitrogen functional groups attached to an aromatic ring is 1. The third-order valence-corrected chi connectivity index (χ3v) is 3.15. The van der Waals surface area contributed by atoms with Crippen LogP contribution in [-0.2, 0) is 0 Å². The molecule has 96 valence electrons. The first-order valence-electron chi connectivity index (χ1n) is 6.31. The second-order valence-electron chi connectivity index (χ2n) is 4.93. The Labute approximate surface area is 105 Å². The number of hydrogen-bond donors (Lipinski definition) is 2. The van der Waals surface area contributed by atoms with E-state index in [4.69, 9.17) is 5.73 Å². The molecule has 1 aromatic rings. The summed E-state index contributed by atoms with van der Waals surface area (Å²) in [5, 5.41) is 3.44. The zero-order chi connectivity index (χ0) is 12.8. The van der Waals surface area contributed by atoms with Crippen molar-refractivity contribution in [2.75, 3.05) is 31.2 Å². The van der Waals surface area contributed by atoms with Crippen LogP contribution >= 0.6 is 0 Å². The Hall–Kier alpha value is -1.22. The Morgan fingerprint density at radius 3 is 2.71 bits per heavy atom. The van der Waals surface area contributed by atoms with Crippen LogP contribution < -0.4 is 11.1 Å². The van der Waals surface area contributed by atoms with Gasteiger partial charge < -0.3 is 16.0 Å². The molecule has 0 bridgehead atoms. The van der Waals surface area contributed by atoms with Gasteiger partial charge in [-0.05, 0) is 58.5 Å². The SMILES string of the molecule is Cc1ccc(N)cc1NCCCN(C)C(C)C. The molecule has 0 heterocycles. The third-order valence-electron chi connectivity index (χ3n) is 3.15. The Bertz CT molecular complexity index is 347. The van der Waals surface area contributed by atoms with Crippen molar-refractivity contribution < 1.29 is 0 Å². The summed E-state index contributed by atoms with van der Waals surface area (Å²) in [6, 6.07) is 6.61. The van der Waals surface area contributed by atoms with Crippen LogP contribution in [0.2, 0.25) is 0 Å². The van der Waals surface area contributed by atoms with E-state index in [0.717, 1.165) is 30.9 Å². The van der Waals surface area contributed by atoms with E-state index in [1.807, 2.05) is 12.1 Å². The van der Waals surface area contributed by atoms with Crippen LogP contribution in [0.5, 0.6) is 0 Å². The average Bonchev–Trinajstić information content (AvgIpc) is 2.28. The van der Waals surface area contributed by atoms with Crippen LogP contribution in [0.3, 0.4) is 0 Å². The molecule has 0 fully saturated rings. The lowest BCUT2D eigenvalue weighted by molar-refractivity contribution is 0.273.